The molecule has 0 bridgehead atoms. The lowest BCUT2D eigenvalue weighted by Crippen LogP contribution is -2.23. The number of allylic oxidation sites excluding steroid dienone is 2. The second-order valence-electron chi connectivity index (χ2n) is 14.8. The van der Waals surface area contributed by atoms with Gasteiger partial charge < -0.3 is 9.88 Å². The van der Waals surface area contributed by atoms with E-state index in [-0.39, 0.29) is 6.04 Å². The summed E-state index contributed by atoms with van der Waals surface area (Å²) in [7, 11) is 0. The van der Waals surface area contributed by atoms with Gasteiger partial charge in [-0.3, -0.25) is 9.13 Å². The summed E-state index contributed by atoms with van der Waals surface area (Å²) in [6, 6.07) is 65.3. The molecule has 0 spiro atoms. The highest BCUT2D eigenvalue weighted by molar-refractivity contribution is 6.24. The van der Waals surface area contributed by atoms with Crippen molar-refractivity contribution in [3.63, 3.8) is 0 Å². The monoisotopic (exact) mass is 729 g/mol. The van der Waals surface area contributed by atoms with Gasteiger partial charge in [0.2, 0.25) is 0 Å². The molecule has 0 radical (unpaired) electrons. The average molecular weight is 730 g/mol. The number of hydrogen-bond donors (Lipinski definition) is 1. The Morgan fingerprint density at radius 1 is 0.439 bits per heavy atom. The number of dihydropyridines is 1. The van der Waals surface area contributed by atoms with Gasteiger partial charge in [0.1, 0.15) is 11.6 Å². The molecule has 11 aromatic rings. The van der Waals surface area contributed by atoms with Gasteiger partial charge in [0, 0.05) is 43.6 Å². The van der Waals surface area contributed by atoms with E-state index in [9.17, 15) is 0 Å². The van der Waals surface area contributed by atoms with E-state index >= 15 is 0 Å². The first-order chi connectivity index (χ1) is 28.3. The van der Waals surface area contributed by atoms with Crippen molar-refractivity contribution >= 4 is 71.2 Å². The summed E-state index contributed by atoms with van der Waals surface area (Å²) in [5.41, 5.74) is 11.2. The van der Waals surface area contributed by atoms with Crippen LogP contribution in [0.3, 0.4) is 0 Å². The van der Waals surface area contributed by atoms with Crippen LogP contribution in [0.25, 0.3) is 94.0 Å². The number of para-hydroxylation sites is 4. The van der Waals surface area contributed by atoms with Crippen LogP contribution in [0.5, 0.6) is 0 Å². The number of nitrogens with zero attached hydrogens (tertiary/aromatic N) is 4. The molecule has 1 aliphatic rings. The molecule has 5 nitrogen and oxygen atoms in total. The lowest BCUT2D eigenvalue weighted by molar-refractivity contribution is 0.736. The Labute approximate surface area is 328 Å². The van der Waals surface area contributed by atoms with Gasteiger partial charge in [-0.1, -0.05) is 146 Å². The SMILES string of the molecule is C1=CC(c2ccccc2)NC(n2c3ccccc3c3ccc4c5ccccc5n(-c5cccc(-c6cccc(-n7c8ccccc8c8ccccc87)c6)n5)c4c32)=C1. The zero-order valence-electron chi connectivity index (χ0n) is 30.9. The Kier molecular flexibility index (Phi) is 6.92. The van der Waals surface area contributed by atoms with Crippen LogP contribution in [0.4, 0.5) is 0 Å². The van der Waals surface area contributed by atoms with E-state index in [1.807, 2.05) is 0 Å². The third-order valence-electron chi connectivity index (χ3n) is 11.7. The molecule has 268 valence electrons. The minimum Gasteiger partial charge on any atom is -0.361 e. The summed E-state index contributed by atoms with van der Waals surface area (Å²) in [6.07, 6.45) is 6.60. The van der Waals surface area contributed by atoms with Crippen molar-refractivity contribution in [2.24, 2.45) is 0 Å². The Morgan fingerprint density at radius 3 is 1.65 bits per heavy atom. The maximum absolute atomic E-state index is 5.49. The van der Waals surface area contributed by atoms with Crippen LogP contribution < -0.4 is 5.32 Å². The van der Waals surface area contributed by atoms with Crippen molar-refractivity contribution in [3.8, 4) is 22.8 Å². The van der Waals surface area contributed by atoms with Crippen molar-refractivity contribution in [3.05, 3.63) is 206 Å². The summed E-state index contributed by atoms with van der Waals surface area (Å²) < 4.78 is 7.16. The summed E-state index contributed by atoms with van der Waals surface area (Å²) in [4.78, 5) is 5.49. The van der Waals surface area contributed by atoms with Gasteiger partial charge in [0.25, 0.3) is 0 Å². The van der Waals surface area contributed by atoms with Crippen LogP contribution in [0.2, 0.25) is 0 Å². The first kappa shape index (κ1) is 31.7. The molecule has 1 atom stereocenters. The molecule has 1 N–H and O–H groups in total. The van der Waals surface area contributed by atoms with Crippen LogP contribution in [-0.2, 0) is 0 Å². The molecule has 0 saturated carbocycles. The zero-order chi connectivity index (χ0) is 37.5. The van der Waals surface area contributed by atoms with Crippen LogP contribution in [-0.4, -0.2) is 18.7 Å². The second kappa shape index (κ2) is 12.4. The van der Waals surface area contributed by atoms with E-state index in [2.05, 4.69) is 219 Å². The highest BCUT2D eigenvalue weighted by atomic mass is 15.2. The average Bonchev–Trinajstić information content (AvgIpc) is 3.93. The van der Waals surface area contributed by atoms with Crippen LogP contribution in [0.1, 0.15) is 11.6 Å². The molecule has 12 rings (SSSR count). The Morgan fingerprint density at radius 2 is 0.982 bits per heavy atom. The van der Waals surface area contributed by atoms with Gasteiger partial charge in [-0.05, 0) is 60.2 Å². The van der Waals surface area contributed by atoms with Crippen LogP contribution >= 0.6 is 0 Å². The number of hydrogen-bond acceptors (Lipinski definition) is 2. The standard InChI is InChI=1S/C52H35N5/c1-2-15-34(16-3-1)43-23-13-29-49(53-43)56-47-27-10-6-21-39(47)41-31-32-42-40-22-7-11-28-48(40)57(52(42)51(41)56)50-30-14-24-44(54-50)35-17-12-18-36(33-35)55-45-25-8-4-19-37(45)38-20-5-9-26-46(38)55/h1-33,43,53H. The van der Waals surface area contributed by atoms with Crippen molar-refractivity contribution in [2.75, 3.05) is 0 Å². The fourth-order valence-electron chi connectivity index (χ4n) is 9.21. The fourth-order valence-corrected chi connectivity index (χ4v) is 9.21. The molecule has 7 aromatic carbocycles. The number of nitrogens with one attached hydrogen (secondary N) is 1. The Hall–Kier alpha value is -7.63. The quantitative estimate of drug-likeness (QED) is 0.192. The van der Waals surface area contributed by atoms with E-state index in [1.54, 1.807) is 0 Å². The number of aromatic nitrogens is 4. The van der Waals surface area contributed by atoms with Crippen LogP contribution in [0.15, 0.2) is 200 Å². The normalized spacial score (nSPS) is 14.3. The van der Waals surface area contributed by atoms with Crippen molar-refractivity contribution in [1.29, 1.82) is 0 Å². The first-order valence-corrected chi connectivity index (χ1v) is 19.5. The first-order valence-electron chi connectivity index (χ1n) is 19.5. The fraction of sp³-hybridized carbons (Fsp3) is 0.0192. The lowest BCUT2D eigenvalue weighted by Gasteiger charge is -2.24. The van der Waals surface area contributed by atoms with Crippen molar-refractivity contribution < 1.29 is 0 Å². The van der Waals surface area contributed by atoms with E-state index in [0.717, 1.165) is 50.7 Å². The number of rotatable bonds is 5. The van der Waals surface area contributed by atoms with E-state index in [4.69, 9.17) is 4.98 Å². The molecular weight excluding hydrogens is 695 g/mol. The zero-order valence-corrected chi connectivity index (χ0v) is 30.9. The topological polar surface area (TPSA) is 39.7 Å². The van der Waals surface area contributed by atoms with Crippen molar-refractivity contribution in [2.45, 2.75) is 6.04 Å². The largest absolute Gasteiger partial charge is 0.361 e. The predicted molar refractivity (Wildman–Crippen MR) is 237 cm³/mol. The number of fused-ring (bicyclic) bond motifs is 10. The predicted octanol–water partition coefficient (Wildman–Crippen LogP) is 12.7. The minimum atomic E-state index is 0.0455. The summed E-state index contributed by atoms with van der Waals surface area (Å²) >= 11 is 0. The minimum absolute atomic E-state index is 0.0455. The van der Waals surface area contributed by atoms with Gasteiger partial charge in [-0.25, -0.2) is 4.98 Å². The molecule has 1 aliphatic heterocycles. The molecule has 0 fully saturated rings. The molecule has 0 amide bonds. The molecule has 0 saturated heterocycles. The van der Waals surface area contributed by atoms with E-state index < -0.39 is 0 Å². The lowest BCUT2D eigenvalue weighted by atomic mass is 10.0. The maximum atomic E-state index is 5.49. The van der Waals surface area contributed by atoms with Gasteiger partial charge in [-0.15, -0.1) is 0 Å². The number of benzene rings is 7. The highest BCUT2D eigenvalue weighted by Crippen LogP contribution is 2.42. The molecule has 5 heterocycles. The summed E-state index contributed by atoms with van der Waals surface area (Å²) in [5, 5.41) is 11.2. The van der Waals surface area contributed by atoms with E-state index in [0.29, 0.717) is 0 Å². The molecule has 1 unspecified atom stereocenters. The van der Waals surface area contributed by atoms with Gasteiger partial charge >= 0.3 is 0 Å². The molecule has 0 aliphatic carbocycles. The van der Waals surface area contributed by atoms with Gasteiger partial charge in [-0.2, -0.15) is 0 Å². The van der Waals surface area contributed by atoms with Gasteiger partial charge in [0.05, 0.1) is 44.8 Å². The Bertz CT molecular complexity index is 3400. The molecule has 5 heteroatoms. The third-order valence-corrected chi connectivity index (χ3v) is 11.7. The van der Waals surface area contributed by atoms with Crippen molar-refractivity contribution in [1.82, 2.24) is 24.0 Å². The highest BCUT2D eigenvalue weighted by Gasteiger charge is 2.24. The second-order valence-corrected chi connectivity index (χ2v) is 14.8. The Balaban J connectivity index is 1.08. The maximum Gasteiger partial charge on any atom is 0.138 e. The molecule has 57 heavy (non-hydrogen) atoms. The van der Waals surface area contributed by atoms with Crippen LogP contribution in [0, 0.1) is 0 Å². The third kappa shape index (κ3) is 4.79. The molecular formula is C52H35N5. The number of pyridine rings is 1. The smallest absolute Gasteiger partial charge is 0.138 e. The summed E-state index contributed by atoms with van der Waals surface area (Å²) in [6.45, 7) is 0. The van der Waals surface area contributed by atoms with Gasteiger partial charge in [0.15, 0.2) is 0 Å². The summed E-state index contributed by atoms with van der Waals surface area (Å²) in [5.74, 6) is 1.91. The van der Waals surface area contributed by atoms with E-state index in [1.165, 1.54) is 48.9 Å². The molecule has 4 aromatic heterocycles.